The lowest BCUT2D eigenvalue weighted by molar-refractivity contribution is 0.0938. The lowest BCUT2D eigenvalue weighted by atomic mass is 10.0. The standard InChI is InChI=1S/C21H25ClN2O2S/c1-26-16-7-5-15(6-8-16)20(24-11-3-4-12-24)14-23-21(25)18-13-17(27-2)9-10-19(18)22/h5-10,13,20H,3-4,11-12,14H2,1-2H3,(H,23,25)/t20-/m0/s1. The molecule has 4 nitrogen and oxygen atoms in total. The highest BCUT2D eigenvalue weighted by Gasteiger charge is 2.24. The normalized spacial score (nSPS) is 15.5. The number of nitrogens with one attached hydrogen (secondary N) is 1. The molecule has 1 aliphatic heterocycles. The van der Waals surface area contributed by atoms with Gasteiger partial charge in [0.25, 0.3) is 5.91 Å². The van der Waals surface area contributed by atoms with Crippen LogP contribution in [0.15, 0.2) is 47.4 Å². The summed E-state index contributed by atoms with van der Waals surface area (Å²) in [5.74, 6) is 0.706. The number of nitrogens with zero attached hydrogens (tertiary/aromatic N) is 1. The van der Waals surface area contributed by atoms with Gasteiger partial charge in [-0.2, -0.15) is 0 Å². The Kier molecular flexibility index (Phi) is 7.05. The molecule has 1 aliphatic rings. The van der Waals surface area contributed by atoms with Crippen LogP contribution in [0.1, 0.15) is 34.8 Å². The van der Waals surface area contributed by atoms with Gasteiger partial charge in [0.15, 0.2) is 0 Å². The minimum absolute atomic E-state index is 0.131. The molecule has 1 atom stereocenters. The second-order valence-electron chi connectivity index (χ2n) is 6.59. The highest BCUT2D eigenvalue weighted by molar-refractivity contribution is 7.98. The number of rotatable bonds is 7. The number of thioether (sulfide) groups is 1. The Morgan fingerprint density at radius 1 is 1.22 bits per heavy atom. The van der Waals surface area contributed by atoms with Crippen LogP contribution < -0.4 is 10.1 Å². The molecule has 1 fully saturated rings. The average molecular weight is 405 g/mol. The minimum atomic E-state index is -0.131. The first kappa shape index (κ1) is 20.1. The molecule has 0 spiro atoms. The molecule has 1 saturated heterocycles. The van der Waals surface area contributed by atoms with Crippen LogP contribution in [0.3, 0.4) is 0 Å². The third-order valence-electron chi connectivity index (χ3n) is 4.96. The Morgan fingerprint density at radius 2 is 1.93 bits per heavy atom. The largest absolute Gasteiger partial charge is 0.497 e. The number of methoxy groups -OCH3 is 1. The molecule has 1 amide bonds. The summed E-state index contributed by atoms with van der Waals surface area (Å²) in [5.41, 5.74) is 1.71. The number of likely N-dealkylation sites (tertiary alicyclic amines) is 1. The molecule has 2 aromatic rings. The van der Waals surface area contributed by atoms with Crippen molar-refractivity contribution in [2.75, 3.05) is 33.0 Å². The monoisotopic (exact) mass is 404 g/mol. The molecule has 0 bridgehead atoms. The van der Waals surface area contributed by atoms with Crippen molar-refractivity contribution in [3.8, 4) is 5.75 Å². The van der Waals surface area contributed by atoms with E-state index in [0.29, 0.717) is 17.1 Å². The molecule has 0 aliphatic carbocycles. The molecule has 1 N–H and O–H groups in total. The van der Waals surface area contributed by atoms with Crippen LogP contribution in [-0.2, 0) is 0 Å². The molecule has 0 radical (unpaired) electrons. The van der Waals surface area contributed by atoms with E-state index in [1.807, 2.05) is 30.5 Å². The van der Waals surface area contributed by atoms with E-state index in [0.717, 1.165) is 23.7 Å². The first-order chi connectivity index (χ1) is 13.1. The fourth-order valence-electron chi connectivity index (χ4n) is 3.43. The van der Waals surface area contributed by atoms with Gasteiger partial charge in [-0.3, -0.25) is 9.69 Å². The van der Waals surface area contributed by atoms with Gasteiger partial charge in [0.2, 0.25) is 0 Å². The van der Waals surface area contributed by atoms with Crippen molar-refractivity contribution in [2.45, 2.75) is 23.8 Å². The number of benzene rings is 2. The zero-order valence-corrected chi connectivity index (χ0v) is 17.3. The van der Waals surface area contributed by atoms with Gasteiger partial charge < -0.3 is 10.1 Å². The van der Waals surface area contributed by atoms with Crippen LogP contribution in [0, 0.1) is 0 Å². The van der Waals surface area contributed by atoms with Gasteiger partial charge in [-0.25, -0.2) is 0 Å². The number of ether oxygens (including phenoxy) is 1. The summed E-state index contributed by atoms with van der Waals surface area (Å²) < 4.78 is 5.27. The Morgan fingerprint density at radius 3 is 2.56 bits per heavy atom. The smallest absolute Gasteiger partial charge is 0.252 e. The Labute approximate surface area is 170 Å². The number of hydrogen-bond acceptors (Lipinski definition) is 4. The summed E-state index contributed by atoms with van der Waals surface area (Å²) >= 11 is 7.84. The number of carbonyl (C=O) groups excluding carboxylic acids is 1. The predicted molar refractivity (Wildman–Crippen MR) is 112 cm³/mol. The molecule has 1 heterocycles. The number of carbonyl (C=O) groups is 1. The molecular formula is C21H25ClN2O2S. The summed E-state index contributed by atoms with van der Waals surface area (Å²) in [5, 5.41) is 3.57. The molecule has 0 unspecified atom stereocenters. The lowest BCUT2D eigenvalue weighted by Gasteiger charge is -2.28. The van der Waals surface area contributed by atoms with Crippen molar-refractivity contribution < 1.29 is 9.53 Å². The van der Waals surface area contributed by atoms with Crippen molar-refractivity contribution in [3.05, 3.63) is 58.6 Å². The summed E-state index contributed by atoms with van der Waals surface area (Å²) in [4.78, 5) is 16.2. The highest BCUT2D eigenvalue weighted by atomic mass is 35.5. The zero-order valence-electron chi connectivity index (χ0n) is 15.7. The third-order valence-corrected chi connectivity index (χ3v) is 6.01. The van der Waals surface area contributed by atoms with Crippen LogP contribution in [0.5, 0.6) is 5.75 Å². The van der Waals surface area contributed by atoms with Gasteiger partial charge in [-0.1, -0.05) is 23.7 Å². The van der Waals surface area contributed by atoms with Gasteiger partial charge in [-0.15, -0.1) is 11.8 Å². The minimum Gasteiger partial charge on any atom is -0.497 e. The Balaban J connectivity index is 1.75. The van der Waals surface area contributed by atoms with E-state index in [4.69, 9.17) is 16.3 Å². The quantitative estimate of drug-likeness (QED) is 0.682. The highest BCUT2D eigenvalue weighted by Crippen LogP contribution is 2.27. The van der Waals surface area contributed by atoms with E-state index in [9.17, 15) is 4.79 Å². The van der Waals surface area contributed by atoms with Gasteiger partial charge in [0.05, 0.1) is 23.7 Å². The maximum atomic E-state index is 12.7. The van der Waals surface area contributed by atoms with Crippen LogP contribution in [0.4, 0.5) is 0 Å². The van der Waals surface area contributed by atoms with Gasteiger partial charge in [-0.05, 0) is 68.1 Å². The molecular weight excluding hydrogens is 380 g/mol. The van der Waals surface area contributed by atoms with Crippen LogP contribution >= 0.6 is 23.4 Å². The molecule has 3 rings (SSSR count). The van der Waals surface area contributed by atoms with E-state index in [-0.39, 0.29) is 11.9 Å². The van der Waals surface area contributed by atoms with E-state index < -0.39 is 0 Å². The van der Waals surface area contributed by atoms with E-state index >= 15 is 0 Å². The number of hydrogen-bond donors (Lipinski definition) is 1. The summed E-state index contributed by atoms with van der Waals surface area (Å²) in [6.07, 6.45) is 4.38. The predicted octanol–water partition coefficient (Wildman–Crippen LogP) is 4.64. The van der Waals surface area contributed by atoms with Crippen molar-refractivity contribution in [2.24, 2.45) is 0 Å². The van der Waals surface area contributed by atoms with Gasteiger partial charge in [0.1, 0.15) is 5.75 Å². The molecule has 27 heavy (non-hydrogen) atoms. The van der Waals surface area contributed by atoms with E-state index in [2.05, 4.69) is 22.3 Å². The first-order valence-corrected chi connectivity index (χ1v) is 10.7. The average Bonchev–Trinajstić information content (AvgIpc) is 3.23. The Bertz CT molecular complexity index is 776. The van der Waals surface area contributed by atoms with Crippen molar-refractivity contribution in [1.82, 2.24) is 10.2 Å². The van der Waals surface area contributed by atoms with Gasteiger partial charge >= 0.3 is 0 Å². The van der Waals surface area contributed by atoms with Crippen LogP contribution in [0.2, 0.25) is 5.02 Å². The van der Waals surface area contributed by atoms with Crippen molar-refractivity contribution in [3.63, 3.8) is 0 Å². The second kappa shape index (κ2) is 9.49. The summed E-state index contributed by atoms with van der Waals surface area (Å²) in [7, 11) is 1.67. The molecule has 2 aromatic carbocycles. The van der Waals surface area contributed by atoms with Crippen LogP contribution in [0.25, 0.3) is 0 Å². The van der Waals surface area contributed by atoms with Crippen LogP contribution in [-0.4, -0.2) is 43.8 Å². The topological polar surface area (TPSA) is 41.6 Å². The van der Waals surface area contributed by atoms with Crippen molar-refractivity contribution >= 4 is 29.3 Å². The number of halogens is 1. The summed E-state index contributed by atoms with van der Waals surface area (Å²) in [6.45, 7) is 2.65. The van der Waals surface area contributed by atoms with E-state index in [1.165, 1.54) is 18.4 Å². The Hall–Kier alpha value is -1.69. The fraction of sp³-hybridized carbons (Fsp3) is 0.381. The molecule has 6 heteroatoms. The fourth-order valence-corrected chi connectivity index (χ4v) is 4.07. The third kappa shape index (κ3) is 4.98. The number of amides is 1. The molecule has 0 aromatic heterocycles. The molecule has 144 valence electrons. The van der Waals surface area contributed by atoms with Crippen molar-refractivity contribution in [1.29, 1.82) is 0 Å². The molecule has 0 saturated carbocycles. The maximum absolute atomic E-state index is 12.7. The van der Waals surface area contributed by atoms with E-state index in [1.54, 1.807) is 24.9 Å². The lowest BCUT2D eigenvalue weighted by Crippen LogP contribution is -2.36. The van der Waals surface area contributed by atoms with Gasteiger partial charge in [0, 0.05) is 11.4 Å². The SMILES string of the molecule is COc1ccc([C@H](CNC(=O)c2cc(SC)ccc2Cl)N2CCCC2)cc1. The second-order valence-corrected chi connectivity index (χ2v) is 7.87. The summed E-state index contributed by atoms with van der Waals surface area (Å²) in [6, 6.07) is 13.8. The first-order valence-electron chi connectivity index (χ1n) is 9.12. The zero-order chi connectivity index (χ0) is 19.2. The maximum Gasteiger partial charge on any atom is 0.252 e.